The normalized spacial score (nSPS) is 10.3. The van der Waals surface area contributed by atoms with Crippen LogP contribution in [0.15, 0.2) is 40.9 Å². The molecule has 0 unspecified atom stereocenters. The number of methoxy groups -OCH3 is 2. The van der Waals surface area contributed by atoms with E-state index in [9.17, 15) is 4.79 Å². The molecule has 1 N–H and O–H groups in total. The van der Waals surface area contributed by atoms with Gasteiger partial charge < -0.3 is 14.8 Å². The summed E-state index contributed by atoms with van der Waals surface area (Å²) < 4.78 is 11.5. The smallest absolute Gasteiger partial charge is 0.234 e. The Kier molecular flexibility index (Phi) is 6.99. The Morgan fingerprint density at radius 1 is 1.12 bits per heavy atom. The highest BCUT2D eigenvalue weighted by Gasteiger charge is 2.10. The van der Waals surface area contributed by atoms with Gasteiger partial charge in [-0.1, -0.05) is 33.6 Å². The van der Waals surface area contributed by atoms with Crippen LogP contribution in [0.2, 0.25) is 0 Å². The van der Waals surface area contributed by atoms with Crippen molar-refractivity contribution >= 4 is 39.3 Å². The summed E-state index contributed by atoms with van der Waals surface area (Å²) in [6.07, 6.45) is 0. The third kappa shape index (κ3) is 5.18. The molecular formula is C18H20BrNO3S. The molecule has 6 heteroatoms. The molecule has 2 aromatic rings. The summed E-state index contributed by atoms with van der Waals surface area (Å²) in [4.78, 5) is 12.0. The first-order valence-corrected chi connectivity index (χ1v) is 9.33. The molecule has 0 radical (unpaired) electrons. The standard InChI is InChI=1S/C18H20BrNO3S/c1-12-4-6-14(7-5-12)20-18(21)11-24-10-13-8-16(22-2)17(23-3)9-15(13)19/h4-9H,10-11H2,1-3H3,(H,20,21). The van der Waals surface area contributed by atoms with Crippen LogP contribution >= 0.6 is 27.7 Å². The van der Waals surface area contributed by atoms with Crippen LogP contribution in [0.4, 0.5) is 5.69 Å². The number of thioether (sulfide) groups is 1. The lowest BCUT2D eigenvalue weighted by molar-refractivity contribution is -0.113. The van der Waals surface area contributed by atoms with Gasteiger partial charge in [0, 0.05) is 15.9 Å². The van der Waals surface area contributed by atoms with Crippen molar-refractivity contribution in [1.29, 1.82) is 0 Å². The molecule has 0 saturated heterocycles. The lowest BCUT2D eigenvalue weighted by Gasteiger charge is -2.12. The maximum Gasteiger partial charge on any atom is 0.234 e. The fourth-order valence-electron chi connectivity index (χ4n) is 2.09. The van der Waals surface area contributed by atoms with Gasteiger partial charge in [-0.05, 0) is 36.8 Å². The molecule has 0 atom stereocenters. The fourth-order valence-corrected chi connectivity index (χ4v) is 3.56. The van der Waals surface area contributed by atoms with Crippen molar-refractivity contribution in [2.75, 3.05) is 25.3 Å². The van der Waals surface area contributed by atoms with E-state index in [4.69, 9.17) is 9.47 Å². The minimum atomic E-state index is -0.0135. The van der Waals surface area contributed by atoms with Gasteiger partial charge >= 0.3 is 0 Å². The molecule has 0 fully saturated rings. The molecule has 0 aliphatic carbocycles. The number of hydrogen-bond donors (Lipinski definition) is 1. The molecule has 4 nitrogen and oxygen atoms in total. The highest BCUT2D eigenvalue weighted by Crippen LogP contribution is 2.34. The zero-order valence-electron chi connectivity index (χ0n) is 13.9. The molecular weight excluding hydrogens is 390 g/mol. The number of halogens is 1. The summed E-state index contributed by atoms with van der Waals surface area (Å²) in [6, 6.07) is 11.6. The minimum Gasteiger partial charge on any atom is -0.493 e. The van der Waals surface area contributed by atoms with Crippen molar-refractivity contribution < 1.29 is 14.3 Å². The summed E-state index contributed by atoms with van der Waals surface area (Å²) in [5, 5.41) is 2.89. The molecule has 0 spiro atoms. The molecule has 128 valence electrons. The van der Waals surface area contributed by atoms with Gasteiger partial charge in [-0.3, -0.25) is 4.79 Å². The van der Waals surface area contributed by atoms with E-state index in [2.05, 4.69) is 21.2 Å². The Morgan fingerprint density at radius 2 is 1.75 bits per heavy atom. The highest BCUT2D eigenvalue weighted by atomic mass is 79.9. The van der Waals surface area contributed by atoms with Crippen LogP contribution in [-0.4, -0.2) is 25.9 Å². The number of anilines is 1. The summed E-state index contributed by atoms with van der Waals surface area (Å²) >= 11 is 5.07. The van der Waals surface area contributed by atoms with Gasteiger partial charge in [0.1, 0.15) is 0 Å². The quantitative estimate of drug-likeness (QED) is 0.722. The van der Waals surface area contributed by atoms with E-state index in [1.807, 2.05) is 43.3 Å². The highest BCUT2D eigenvalue weighted by molar-refractivity contribution is 9.10. The maximum absolute atomic E-state index is 12.0. The van der Waals surface area contributed by atoms with Gasteiger partial charge in [0.25, 0.3) is 0 Å². The third-order valence-electron chi connectivity index (χ3n) is 3.38. The molecule has 24 heavy (non-hydrogen) atoms. The molecule has 0 aliphatic heterocycles. The third-order valence-corrected chi connectivity index (χ3v) is 5.10. The van der Waals surface area contributed by atoms with E-state index in [0.717, 1.165) is 15.7 Å². The van der Waals surface area contributed by atoms with Gasteiger partial charge in [0.2, 0.25) is 5.91 Å². The van der Waals surface area contributed by atoms with Gasteiger partial charge in [-0.15, -0.1) is 11.8 Å². The minimum absolute atomic E-state index is 0.0135. The van der Waals surface area contributed by atoms with Crippen LogP contribution in [0.25, 0.3) is 0 Å². The van der Waals surface area contributed by atoms with Gasteiger partial charge in [0.05, 0.1) is 20.0 Å². The van der Waals surface area contributed by atoms with Crippen molar-refractivity contribution in [3.63, 3.8) is 0 Å². The van der Waals surface area contributed by atoms with Crippen LogP contribution in [0.5, 0.6) is 11.5 Å². The largest absolute Gasteiger partial charge is 0.493 e. The Bertz CT molecular complexity index is 704. The fraction of sp³-hybridized carbons (Fsp3) is 0.278. The lowest BCUT2D eigenvalue weighted by atomic mass is 10.2. The molecule has 0 saturated carbocycles. The monoisotopic (exact) mass is 409 g/mol. The molecule has 1 amide bonds. The Balaban J connectivity index is 1.89. The maximum atomic E-state index is 12.0. The van der Waals surface area contributed by atoms with Crippen LogP contribution in [-0.2, 0) is 10.5 Å². The molecule has 0 bridgehead atoms. The van der Waals surface area contributed by atoms with Crippen LogP contribution in [0.3, 0.4) is 0 Å². The number of nitrogens with one attached hydrogen (secondary N) is 1. The van der Waals surface area contributed by atoms with Crippen molar-refractivity contribution in [2.45, 2.75) is 12.7 Å². The van der Waals surface area contributed by atoms with Crippen molar-refractivity contribution in [2.24, 2.45) is 0 Å². The second-order valence-corrected chi connectivity index (χ2v) is 7.05. The van der Waals surface area contributed by atoms with Gasteiger partial charge in [0.15, 0.2) is 11.5 Å². The second kappa shape index (κ2) is 8.99. The number of aryl methyl sites for hydroxylation is 1. The van der Waals surface area contributed by atoms with E-state index >= 15 is 0 Å². The van der Waals surface area contributed by atoms with E-state index in [-0.39, 0.29) is 5.91 Å². The topological polar surface area (TPSA) is 47.6 Å². The first-order valence-electron chi connectivity index (χ1n) is 7.38. The summed E-state index contributed by atoms with van der Waals surface area (Å²) in [6.45, 7) is 2.02. The number of rotatable bonds is 7. The van der Waals surface area contributed by atoms with Gasteiger partial charge in [-0.25, -0.2) is 0 Å². The Hall–Kier alpha value is -1.66. The number of carbonyl (C=O) groups is 1. The summed E-state index contributed by atoms with van der Waals surface area (Å²) in [7, 11) is 3.21. The molecule has 2 rings (SSSR count). The van der Waals surface area contributed by atoms with Gasteiger partial charge in [-0.2, -0.15) is 0 Å². The Morgan fingerprint density at radius 3 is 2.38 bits per heavy atom. The van der Waals surface area contributed by atoms with E-state index in [1.54, 1.807) is 26.0 Å². The predicted octanol–water partition coefficient (Wildman–Crippen LogP) is 4.65. The van der Waals surface area contributed by atoms with Crippen LogP contribution in [0.1, 0.15) is 11.1 Å². The summed E-state index contributed by atoms with van der Waals surface area (Å²) in [5.74, 6) is 2.42. The lowest BCUT2D eigenvalue weighted by Crippen LogP contribution is -2.14. The van der Waals surface area contributed by atoms with E-state index < -0.39 is 0 Å². The summed E-state index contributed by atoms with van der Waals surface area (Å²) in [5.41, 5.74) is 3.04. The number of benzene rings is 2. The van der Waals surface area contributed by atoms with Crippen LogP contribution in [0, 0.1) is 6.92 Å². The molecule has 0 aromatic heterocycles. The average molecular weight is 410 g/mol. The van der Waals surface area contributed by atoms with Crippen molar-refractivity contribution in [3.05, 3.63) is 52.0 Å². The molecule has 2 aromatic carbocycles. The zero-order chi connectivity index (χ0) is 17.5. The van der Waals surface area contributed by atoms with Crippen molar-refractivity contribution in [3.8, 4) is 11.5 Å². The van der Waals surface area contributed by atoms with E-state index in [0.29, 0.717) is 23.0 Å². The Labute approximate surface area is 155 Å². The number of hydrogen-bond acceptors (Lipinski definition) is 4. The first kappa shape index (κ1) is 18.7. The number of amides is 1. The predicted molar refractivity (Wildman–Crippen MR) is 103 cm³/mol. The average Bonchev–Trinajstić information content (AvgIpc) is 2.58. The molecule has 0 aliphatic rings. The van der Waals surface area contributed by atoms with Crippen LogP contribution < -0.4 is 14.8 Å². The van der Waals surface area contributed by atoms with E-state index in [1.165, 1.54) is 5.56 Å². The van der Waals surface area contributed by atoms with Crippen molar-refractivity contribution in [1.82, 2.24) is 0 Å². The zero-order valence-corrected chi connectivity index (χ0v) is 16.3. The number of carbonyl (C=O) groups excluding carboxylic acids is 1. The SMILES string of the molecule is COc1cc(Br)c(CSCC(=O)Nc2ccc(C)cc2)cc1OC. The number of ether oxygens (including phenoxy) is 2. The first-order chi connectivity index (χ1) is 11.5. The molecule has 0 heterocycles. The second-order valence-electron chi connectivity index (χ2n) is 5.21.